The van der Waals surface area contributed by atoms with Crippen LogP contribution in [0.25, 0.3) is 0 Å². The predicted octanol–water partition coefficient (Wildman–Crippen LogP) is 3.32. The van der Waals surface area contributed by atoms with E-state index in [-0.39, 0.29) is 34.7 Å². The van der Waals surface area contributed by atoms with Crippen LogP contribution in [0, 0.1) is 29.6 Å². The van der Waals surface area contributed by atoms with E-state index in [1.54, 1.807) is 0 Å². The van der Waals surface area contributed by atoms with Crippen molar-refractivity contribution in [3.8, 4) is 0 Å². The third-order valence-electron chi connectivity index (χ3n) is 7.69. The van der Waals surface area contributed by atoms with Crippen LogP contribution in [0.5, 0.6) is 0 Å². The fourth-order valence-corrected chi connectivity index (χ4v) is 8.75. The van der Waals surface area contributed by atoms with Crippen LogP contribution in [0.1, 0.15) is 58.3 Å². The van der Waals surface area contributed by atoms with Crippen LogP contribution in [-0.4, -0.2) is 44.1 Å². The van der Waals surface area contributed by atoms with Crippen molar-refractivity contribution < 1.29 is 14.7 Å². The summed E-state index contributed by atoms with van der Waals surface area (Å²) in [6, 6.07) is -0.309. The van der Waals surface area contributed by atoms with E-state index in [4.69, 9.17) is 5.73 Å². The van der Waals surface area contributed by atoms with Crippen LogP contribution >= 0.6 is 27.7 Å². The van der Waals surface area contributed by atoms with Gasteiger partial charge in [-0.15, -0.1) is 0 Å². The van der Waals surface area contributed by atoms with Gasteiger partial charge in [0.1, 0.15) is 11.6 Å². The van der Waals surface area contributed by atoms with Gasteiger partial charge in [0.05, 0.1) is 12.0 Å². The molecule has 0 aromatic heterocycles. The van der Waals surface area contributed by atoms with Gasteiger partial charge in [-0.25, -0.2) is 0 Å². The number of aliphatic hydroxyl groups is 1. The Hall–Kier alpha value is 0.0900. The molecular formula is C21H32BrNO3S. The van der Waals surface area contributed by atoms with Crippen molar-refractivity contribution in [2.75, 3.05) is 0 Å². The van der Waals surface area contributed by atoms with Gasteiger partial charge in [-0.05, 0) is 44.4 Å². The Kier molecular flexibility index (Phi) is 6.09. The van der Waals surface area contributed by atoms with Crippen molar-refractivity contribution in [1.29, 1.82) is 0 Å². The Morgan fingerprint density at radius 3 is 2.26 bits per heavy atom. The van der Waals surface area contributed by atoms with E-state index < -0.39 is 17.9 Å². The minimum Gasteiger partial charge on any atom is -0.392 e. The van der Waals surface area contributed by atoms with E-state index in [0.29, 0.717) is 22.4 Å². The number of fused-ring (bicyclic) bond motifs is 2. The number of hydrogen-bond acceptors (Lipinski definition) is 5. The highest BCUT2D eigenvalue weighted by atomic mass is 79.9. The normalized spacial score (nSPS) is 50.8. The van der Waals surface area contributed by atoms with Crippen molar-refractivity contribution in [2.24, 2.45) is 35.3 Å². The molecular weight excluding hydrogens is 426 g/mol. The Balaban J connectivity index is 1.51. The Labute approximate surface area is 174 Å². The van der Waals surface area contributed by atoms with Crippen molar-refractivity contribution in [2.45, 2.75) is 85.8 Å². The average molecular weight is 458 g/mol. The SMILES string of the molecule is CC1CCC(SC2CC(O)C3C(=O)C4CCCCC4C(=O)C3C2N)CC1Br. The highest BCUT2D eigenvalue weighted by Gasteiger charge is 2.57. The third kappa shape index (κ3) is 3.69. The Bertz CT molecular complexity index is 602. The molecule has 0 aromatic carbocycles. The van der Waals surface area contributed by atoms with Crippen LogP contribution < -0.4 is 5.73 Å². The van der Waals surface area contributed by atoms with Crippen LogP contribution in [-0.2, 0) is 9.59 Å². The molecule has 4 rings (SSSR count). The molecule has 4 aliphatic carbocycles. The molecule has 0 saturated heterocycles. The van der Waals surface area contributed by atoms with E-state index >= 15 is 0 Å². The van der Waals surface area contributed by atoms with Crippen LogP contribution in [0.15, 0.2) is 0 Å². The molecule has 0 aromatic rings. The van der Waals surface area contributed by atoms with Crippen molar-refractivity contribution in [1.82, 2.24) is 0 Å². The van der Waals surface area contributed by atoms with E-state index in [2.05, 4.69) is 22.9 Å². The molecule has 27 heavy (non-hydrogen) atoms. The zero-order valence-corrected chi connectivity index (χ0v) is 18.5. The quantitative estimate of drug-likeness (QED) is 0.621. The summed E-state index contributed by atoms with van der Waals surface area (Å²) in [7, 11) is 0. The number of ketones is 2. The molecule has 10 atom stereocenters. The maximum Gasteiger partial charge on any atom is 0.143 e. The lowest BCUT2D eigenvalue weighted by atomic mass is 9.56. The van der Waals surface area contributed by atoms with Crippen molar-refractivity contribution in [3.63, 3.8) is 0 Å². The second-order valence-electron chi connectivity index (χ2n) is 9.34. The van der Waals surface area contributed by atoms with Gasteiger partial charge in [0.25, 0.3) is 0 Å². The number of halogens is 1. The van der Waals surface area contributed by atoms with E-state index in [9.17, 15) is 14.7 Å². The standard InChI is InChI=1S/C21H32BrNO3S/c1-10-6-7-11(8-14(10)22)27-16-9-15(24)17-18(19(16)23)21(26)13-5-3-2-4-12(13)20(17)25/h10-19,24H,2-9,23H2,1H3. The van der Waals surface area contributed by atoms with Crippen LogP contribution in [0.3, 0.4) is 0 Å². The zero-order chi connectivity index (χ0) is 19.3. The first kappa shape index (κ1) is 20.4. The van der Waals surface area contributed by atoms with Crippen molar-refractivity contribution >= 4 is 39.3 Å². The lowest BCUT2D eigenvalue weighted by molar-refractivity contribution is -0.157. The molecule has 0 spiro atoms. The second kappa shape index (κ2) is 8.08. The number of alkyl halides is 1. The average Bonchev–Trinajstić information content (AvgIpc) is 2.65. The number of carbonyl (C=O) groups is 2. The first-order valence-electron chi connectivity index (χ1n) is 10.7. The summed E-state index contributed by atoms with van der Waals surface area (Å²) >= 11 is 5.67. The number of hydrogen-bond donors (Lipinski definition) is 2. The fourth-order valence-electron chi connectivity index (χ4n) is 6.04. The van der Waals surface area contributed by atoms with Gasteiger partial charge >= 0.3 is 0 Å². The van der Waals surface area contributed by atoms with Gasteiger partial charge in [-0.1, -0.05) is 35.7 Å². The molecule has 0 bridgehead atoms. The number of carbonyl (C=O) groups excluding carboxylic acids is 2. The number of thioether (sulfide) groups is 1. The number of aliphatic hydroxyl groups excluding tert-OH is 1. The fraction of sp³-hybridized carbons (Fsp3) is 0.905. The highest BCUT2D eigenvalue weighted by Crippen LogP contribution is 2.49. The number of Topliss-reactive ketones (excluding diaryl/α,β-unsaturated/α-hetero) is 2. The molecule has 0 heterocycles. The second-order valence-corrected chi connectivity index (χ2v) is 12.1. The molecule has 4 saturated carbocycles. The maximum absolute atomic E-state index is 13.3. The van der Waals surface area contributed by atoms with Crippen LogP contribution in [0.4, 0.5) is 0 Å². The molecule has 4 nitrogen and oxygen atoms in total. The van der Waals surface area contributed by atoms with Gasteiger partial charge in [0.2, 0.25) is 0 Å². The lowest BCUT2D eigenvalue weighted by Gasteiger charge is -2.50. The van der Waals surface area contributed by atoms with Gasteiger partial charge < -0.3 is 10.8 Å². The molecule has 10 unspecified atom stereocenters. The summed E-state index contributed by atoms with van der Waals surface area (Å²) in [5.74, 6) is -0.332. The predicted molar refractivity (Wildman–Crippen MR) is 112 cm³/mol. The smallest absolute Gasteiger partial charge is 0.143 e. The molecule has 152 valence electrons. The first-order valence-corrected chi connectivity index (χ1v) is 12.5. The van der Waals surface area contributed by atoms with Gasteiger partial charge in [-0.3, -0.25) is 9.59 Å². The topological polar surface area (TPSA) is 80.4 Å². The van der Waals surface area contributed by atoms with E-state index in [1.165, 1.54) is 12.8 Å². The lowest BCUT2D eigenvalue weighted by Crippen LogP contribution is -2.63. The first-order chi connectivity index (χ1) is 12.9. The highest BCUT2D eigenvalue weighted by molar-refractivity contribution is 9.09. The van der Waals surface area contributed by atoms with E-state index in [1.807, 2.05) is 11.8 Å². The zero-order valence-electron chi connectivity index (χ0n) is 16.1. The summed E-state index contributed by atoms with van der Waals surface area (Å²) in [5, 5.41) is 11.4. The Morgan fingerprint density at radius 2 is 1.63 bits per heavy atom. The van der Waals surface area contributed by atoms with Gasteiger partial charge in [0, 0.05) is 39.1 Å². The monoisotopic (exact) mass is 457 g/mol. The van der Waals surface area contributed by atoms with Gasteiger partial charge in [-0.2, -0.15) is 11.8 Å². The maximum atomic E-state index is 13.3. The molecule has 3 N–H and O–H groups in total. The minimum atomic E-state index is -0.714. The molecule has 4 aliphatic rings. The third-order valence-corrected chi connectivity index (χ3v) is 10.6. The minimum absolute atomic E-state index is 0.0660. The molecule has 4 fully saturated rings. The number of nitrogens with two attached hydrogens (primary N) is 1. The van der Waals surface area contributed by atoms with Gasteiger partial charge in [0.15, 0.2) is 0 Å². The summed E-state index contributed by atoms with van der Waals surface area (Å²) in [6.07, 6.45) is 6.99. The molecule has 0 amide bonds. The summed E-state index contributed by atoms with van der Waals surface area (Å²) in [4.78, 5) is 26.9. The Morgan fingerprint density at radius 1 is 1.00 bits per heavy atom. The summed E-state index contributed by atoms with van der Waals surface area (Å²) < 4.78 is 0. The molecule has 0 radical (unpaired) electrons. The van der Waals surface area contributed by atoms with Crippen LogP contribution in [0.2, 0.25) is 0 Å². The largest absolute Gasteiger partial charge is 0.392 e. The molecule has 6 heteroatoms. The molecule has 0 aliphatic heterocycles. The summed E-state index contributed by atoms with van der Waals surface area (Å²) in [5.41, 5.74) is 6.63. The summed E-state index contributed by atoms with van der Waals surface area (Å²) in [6.45, 7) is 2.29. The number of rotatable bonds is 2. The van der Waals surface area contributed by atoms with E-state index in [0.717, 1.165) is 32.1 Å². The van der Waals surface area contributed by atoms with Crippen molar-refractivity contribution in [3.05, 3.63) is 0 Å².